The zero-order valence-corrected chi connectivity index (χ0v) is 15.9. The molecule has 3 rings (SSSR count). The largest absolute Gasteiger partial charge is 0.334 e. The Morgan fingerprint density at radius 3 is 2.44 bits per heavy atom. The Morgan fingerprint density at radius 2 is 1.78 bits per heavy atom. The molecule has 0 aliphatic carbocycles. The summed E-state index contributed by atoms with van der Waals surface area (Å²) in [5, 5.41) is 3.88. The summed E-state index contributed by atoms with van der Waals surface area (Å²) in [6, 6.07) is 11.8. The predicted octanol–water partition coefficient (Wildman–Crippen LogP) is 1.98. The van der Waals surface area contributed by atoms with E-state index in [4.69, 9.17) is 4.52 Å². The quantitative estimate of drug-likeness (QED) is 0.614. The van der Waals surface area contributed by atoms with Crippen LogP contribution in [0.3, 0.4) is 0 Å². The molecule has 142 valence electrons. The van der Waals surface area contributed by atoms with Gasteiger partial charge in [0.05, 0.1) is 11.4 Å². The second-order valence-corrected chi connectivity index (χ2v) is 7.74. The number of hydrogen-bond donors (Lipinski definition) is 0. The van der Waals surface area contributed by atoms with Crippen molar-refractivity contribution >= 4 is 10.0 Å². The third kappa shape index (κ3) is 3.99. The molecule has 0 saturated heterocycles. The van der Waals surface area contributed by atoms with Gasteiger partial charge in [-0.2, -0.15) is 9.29 Å². The lowest BCUT2D eigenvalue weighted by atomic mass is 10.2. The highest BCUT2D eigenvalue weighted by molar-refractivity contribution is 7.89. The Labute approximate surface area is 157 Å². The number of pyridine rings is 1. The Hall–Kier alpha value is -2.78. The Balaban J connectivity index is 1.90. The maximum absolute atomic E-state index is 12.7. The lowest BCUT2D eigenvalue weighted by Gasteiger charge is -2.18. The topological polar surface area (TPSA) is 98.3 Å². The van der Waals surface area contributed by atoms with E-state index in [2.05, 4.69) is 10.1 Å². The van der Waals surface area contributed by atoms with Crippen molar-refractivity contribution in [1.82, 2.24) is 19.0 Å². The van der Waals surface area contributed by atoms with E-state index in [0.29, 0.717) is 19.0 Å². The fourth-order valence-electron chi connectivity index (χ4n) is 2.67. The molecule has 2 heterocycles. The van der Waals surface area contributed by atoms with E-state index in [1.165, 1.54) is 27.2 Å². The van der Waals surface area contributed by atoms with Gasteiger partial charge in [-0.15, -0.1) is 0 Å². The third-order valence-electron chi connectivity index (χ3n) is 4.10. The van der Waals surface area contributed by atoms with Crippen LogP contribution in [0.1, 0.15) is 19.7 Å². The van der Waals surface area contributed by atoms with Crippen molar-refractivity contribution in [2.75, 3.05) is 13.1 Å². The molecule has 0 radical (unpaired) electrons. The molecule has 2 aromatic heterocycles. The van der Waals surface area contributed by atoms with Gasteiger partial charge in [0.2, 0.25) is 10.0 Å². The third-order valence-corrected chi connectivity index (χ3v) is 6.13. The first-order valence-electron chi connectivity index (χ1n) is 8.54. The molecule has 0 fully saturated rings. The molecule has 0 saturated carbocycles. The Morgan fingerprint density at radius 1 is 1.07 bits per heavy atom. The summed E-state index contributed by atoms with van der Waals surface area (Å²) in [6.07, 6.45) is 1.31. The van der Waals surface area contributed by atoms with Crippen LogP contribution in [0, 0.1) is 0 Å². The molecule has 0 aliphatic rings. The zero-order valence-electron chi connectivity index (χ0n) is 15.1. The number of rotatable bonds is 7. The molecule has 27 heavy (non-hydrogen) atoms. The summed E-state index contributed by atoms with van der Waals surface area (Å²) < 4.78 is 33.1. The molecule has 9 heteroatoms. The minimum Gasteiger partial charge on any atom is -0.334 e. The van der Waals surface area contributed by atoms with E-state index in [-0.39, 0.29) is 22.8 Å². The van der Waals surface area contributed by atoms with Crippen LogP contribution in [0.25, 0.3) is 11.5 Å². The standard InChI is InChI=1S/C18H20N4O4S/c1-3-22(4-2)27(24,25)15-10-11-17(23)21(12-15)13-16-19-18(26-20-16)14-8-6-5-7-9-14/h5-12H,3-4,13H2,1-2H3. The van der Waals surface area contributed by atoms with Crippen molar-refractivity contribution in [2.24, 2.45) is 0 Å². The number of benzene rings is 1. The normalized spacial score (nSPS) is 11.8. The first-order valence-corrected chi connectivity index (χ1v) is 9.98. The van der Waals surface area contributed by atoms with Crippen LogP contribution in [0.15, 0.2) is 62.9 Å². The maximum atomic E-state index is 12.7. The Kier molecular flexibility index (Phi) is 5.52. The van der Waals surface area contributed by atoms with Crippen LogP contribution < -0.4 is 5.56 Å². The van der Waals surface area contributed by atoms with Gasteiger partial charge in [0.1, 0.15) is 0 Å². The zero-order chi connectivity index (χ0) is 19.4. The highest BCUT2D eigenvalue weighted by atomic mass is 32.2. The van der Waals surface area contributed by atoms with Crippen molar-refractivity contribution in [2.45, 2.75) is 25.3 Å². The first kappa shape index (κ1) is 19.0. The minimum atomic E-state index is -3.66. The molecule has 0 bridgehead atoms. The number of nitrogens with zero attached hydrogens (tertiary/aromatic N) is 4. The minimum absolute atomic E-state index is 0.0107. The molecule has 0 amide bonds. The number of sulfonamides is 1. The molecule has 8 nitrogen and oxygen atoms in total. The van der Waals surface area contributed by atoms with Gasteiger partial charge < -0.3 is 9.09 Å². The fraction of sp³-hybridized carbons (Fsp3) is 0.278. The maximum Gasteiger partial charge on any atom is 0.257 e. The van der Waals surface area contributed by atoms with Gasteiger partial charge in [0.25, 0.3) is 11.4 Å². The van der Waals surface area contributed by atoms with Crippen LogP contribution in [0.2, 0.25) is 0 Å². The molecule has 0 unspecified atom stereocenters. The molecule has 0 N–H and O–H groups in total. The van der Waals surface area contributed by atoms with Crippen molar-refractivity contribution in [1.29, 1.82) is 0 Å². The second kappa shape index (κ2) is 7.85. The average molecular weight is 388 g/mol. The van der Waals surface area contributed by atoms with Crippen LogP contribution in [-0.2, 0) is 16.6 Å². The molecular formula is C18H20N4O4S. The van der Waals surface area contributed by atoms with Gasteiger partial charge >= 0.3 is 0 Å². The van der Waals surface area contributed by atoms with Crippen LogP contribution in [0.4, 0.5) is 0 Å². The van der Waals surface area contributed by atoms with E-state index < -0.39 is 10.0 Å². The average Bonchev–Trinajstić information content (AvgIpc) is 3.13. The summed E-state index contributed by atoms with van der Waals surface area (Å²) in [4.78, 5) is 16.5. The molecule has 1 aromatic carbocycles. The van der Waals surface area contributed by atoms with Gasteiger partial charge in [-0.1, -0.05) is 37.2 Å². The van der Waals surface area contributed by atoms with Crippen LogP contribution in [-0.4, -0.2) is 40.5 Å². The molecule has 3 aromatic rings. The summed E-state index contributed by atoms with van der Waals surface area (Å²) in [6.45, 7) is 4.24. The monoisotopic (exact) mass is 388 g/mol. The first-order chi connectivity index (χ1) is 13.0. The summed E-state index contributed by atoms with van der Waals surface area (Å²) >= 11 is 0. The summed E-state index contributed by atoms with van der Waals surface area (Å²) in [7, 11) is -3.66. The predicted molar refractivity (Wildman–Crippen MR) is 99.6 cm³/mol. The van der Waals surface area contributed by atoms with E-state index in [0.717, 1.165) is 5.56 Å². The van der Waals surface area contributed by atoms with Crippen molar-refractivity contribution in [3.63, 3.8) is 0 Å². The second-order valence-electron chi connectivity index (χ2n) is 5.80. The molecule has 0 spiro atoms. The lowest BCUT2D eigenvalue weighted by Crippen LogP contribution is -2.32. The van der Waals surface area contributed by atoms with Gasteiger partial charge in [-0.05, 0) is 18.2 Å². The SMILES string of the molecule is CCN(CC)S(=O)(=O)c1ccc(=O)n(Cc2noc(-c3ccccc3)n2)c1. The van der Waals surface area contributed by atoms with E-state index in [9.17, 15) is 13.2 Å². The van der Waals surface area contributed by atoms with E-state index in [1.54, 1.807) is 13.8 Å². The lowest BCUT2D eigenvalue weighted by molar-refractivity contribution is 0.419. The molecular weight excluding hydrogens is 368 g/mol. The van der Waals surface area contributed by atoms with E-state index in [1.807, 2.05) is 30.3 Å². The highest BCUT2D eigenvalue weighted by Crippen LogP contribution is 2.17. The van der Waals surface area contributed by atoms with Crippen LogP contribution >= 0.6 is 0 Å². The smallest absolute Gasteiger partial charge is 0.257 e. The summed E-state index contributed by atoms with van der Waals surface area (Å²) in [5.41, 5.74) is 0.418. The fourth-order valence-corrected chi connectivity index (χ4v) is 4.15. The number of aromatic nitrogens is 3. The van der Waals surface area contributed by atoms with Gasteiger partial charge in [0.15, 0.2) is 5.82 Å². The van der Waals surface area contributed by atoms with Gasteiger partial charge in [-0.25, -0.2) is 8.42 Å². The van der Waals surface area contributed by atoms with Crippen molar-refractivity contribution < 1.29 is 12.9 Å². The Bertz CT molecular complexity index is 1070. The van der Waals surface area contributed by atoms with E-state index >= 15 is 0 Å². The van der Waals surface area contributed by atoms with Gasteiger partial charge in [0, 0.05) is 30.9 Å². The van der Waals surface area contributed by atoms with Crippen LogP contribution in [0.5, 0.6) is 0 Å². The summed E-state index contributed by atoms with van der Waals surface area (Å²) in [5.74, 6) is 0.624. The highest BCUT2D eigenvalue weighted by Gasteiger charge is 2.22. The van der Waals surface area contributed by atoms with Crippen molar-refractivity contribution in [3.8, 4) is 11.5 Å². The van der Waals surface area contributed by atoms with Crippen molar-refractivity contribution in [3.05, 3.63) is 64.8 Å². The van der Waals surface area contributed by atoms with Gasteiger partial charge in [-0.3, -0.25) is 4.79 Å². The number of hydrogen-bond acceptors (Lipinski definition) is 6. The molecule has 0 atom stereocenters. The molecule has 0 aliphatic heterocycles.